The van der Waals surface area contributed by atoms with Gasteiger partial charge in [0.2, 0.25) is 0 Å². The number of nitro groups is 1. The zero-order valence-corrected chi connectivity index (χ0v) is 14.8. The van der Waals surface area contributed by atoms with Crippen LogP contribution in [0.2, 0.25) is 0 Å². The second kappa shape index (κ2) is 7.94. The Bertz CT molecular complexity index is 959. The van der Waals surface area contributed by atoms with Gasteiger partial charge in [-0.1, -0.05) is 0 Å². The summed E-state index contributed by atoms with van der Waals surface area (Å²) in [6.07, 6.45) is 0. The third-order valence-corrected chi connectivity index (χ3v) is 4.66. The molecule has 0 radical (unpaired) electrons. The van der Waals surface area contributed by atoms with E-state index in [1.54, 1.807) is 19.2 Å². The molecule has 0 aliphatic heterocycles. The number of hydrogen-bond acceptors (Lipinski definition) is 6. The van der Waals surface area contributed by atoms with Gasteiger partial charge in [0.1, 0.15) is 5.75 Å². The van der Waals surface area contributed by atoms with Crippen LogP contribution in [0, 0.1) is 10.1 Å². The zero-order chi connectivity index (χ0) is 18.5. The van der Waals surface area contributed by atoms with Crippen molar-refractivity contribution in [2.75, 3.05) is 13.7 Å². The van der Waals surface area contributed by atoms with Crippen LogP contribution in [0.4, 0.5) is 11.4 Å². The molecule has 0 fully saturated rings. The lowest BCUT2D eigenvalue weighted by atomic mass is 10.1. The fourth-order valence-electron chi connectivity index (χ4n) is 2.49. The van der Waals surface area contributed by atoms with Crippen LogP contribution in [0.25, 0.3) is 11.3 Å². The summed E-state index contributed by atoms with van der Waals surface area (Å²) in [5.41, 5.74) is 2.50. The number of nitro benzene ring substituents is 1. The minimum absolute atomic E-state index is 0.0352. The maximum atomic E-state index is 10.8. The number of nitrogens with zero attached hydrogens (tertiary/aromatic N) is 3. The molecule has 0 unspecified atom stereocenters. The van der Waals surface area contributed by atoms with Gasteiger partial charge in [-0.2, -0.15) is 0 Å². The molecule has 1 heterocycles. The summed E-state index contributed by atoms with van der Waals surface area (Å²) >= 11 is 1.45. The monoisotopic (exact) mass is 371 g/mol. The number of rotatable bonds is 6. The minimum atomic E-state index is -0.427. The van der Waals surface area contributed by atoms with Gasteiger partial charge in [0.15, 0.2) is 4.80 Å². The number of hydrogen-bond donors (Lipinski definition) is 1. The predicted octanol–water partition coefficient (Wildman–Crippen LogP) is 3.36. The van der Waals surface area contributed by atoms with Crippen molar-refractivity contribution in [2.24, 2.45) is 4.99 Å². The Labute approximate surface area is 153 Å². The van der Waals surface area contributed by atoms with Crippen molar-refractivity contribution in [1.82, 2.24) is 4.57 Å². The first-order valence-corrected chi connectivity index (χ1v) is 8.73. The molecule has 1 aromatic heterocycles. The van der Waals surface area contributed by atoms with Gasteiger partial charge < -0.3 is 14.4 Å². The number of aliphatic hydroxyl groups excluding tert-OH is 1. The molecule has 8 heteroatoms. The van der Waals surface area contributed by atoms with Gasteiger partial charge in [0.05, 0.1) is 30.0 Å². The van der Waals surface area contributed by atoms with Gasteiger partial charge in [-0.25, -0.2) is 4.99 Å². The molecule has 0 bridgehead atoms. The van der Waals surface area contributed by atoms with Crippen LogP contribution >= 0.6 is 11.3 Å². The average molecular weight is 371 g/mol. The van der Waals surface area contributed by atoms with E-state index in [4.69, 9.17) is 4.74 Å². The number of aromatic nitrogens is 1. The van der Waals surface area contributed by atoms with E-state index in [0.717, 1.165) is 27.5 Å². The van der Waals surface area contributed by atoms with Crippen molar-refractivity contribution >= 4 is 22.7 Å². The SMILES string of the molecule is COc1ccc(N=c2scc(-c3ccc([N+](=O)[O-])cc3)n2CCO)cc1. The van der Waals surface area contributed by atoms with Crippen molar-refractivity contribution in [3.63, 3.8) is 0 Å². The van der Waals surface area contributed by atoms with E-state index in [2.05, 4.69) is 4.99 Å². The first kappa shape index (κ1) is 17.8. The molecule has 134 valence electrons. The van der Waals surface area contributed by atoms with Gasteiger partial charge in [0, 0.05) is 24.1 Å². The Balaban J connectivity index is 2.02. The van der Waals surface area contributed by atoms with Gasteiger partial charge >= 0.3 is 0 Å². The molecule has 0 atom stereocenters. The molecule has 2 aromatic carbocycles. The van der Waals surface area contributed by atoms with Crippen molar-refractivity contribution < 1.29 is 14.8 Å². The molecular weight excluding hydrogens is 354 g/mol. The summed E-state index contributed by atoms with van der Waals surface area (Å²) in [6, 6.07) is 13.7. The number of non-ortho nitro benzene ring substituents is 1. The van der Waals surface area contributed by atoms with Gasteiger partial charge in [0.25, 0.3) is 5.69 Å². The van der Waals surface area contributed by atoms with Crippen LogP contribution in [0.15, 0.2) is 58.9 Å². The van der Waals surface area contributed by atoms with Crippen molar-refractivity contribution in [2.45, 2.75) is 6.54 Å². The quantitative estimate of drug-likeness (QED) is 0.531. The highest BCUT2D eigenvalue weighted by molar-refractivity contribution is 7.07. The third kappa shape index (κ3) is 3.81. The largest absolute Gasteiger partial charge is 0.497 e. The average Bonchev–Trinajstić information content (AvgIpc) is 3.05. The molecule has 26 heavy (non-hydrogen) atoms. The topological polar surface area (TPSA) is 89.9 Å². The highest BCUT2D eigenvalue weighted by Gasteiger charge is 2.10. The molecule has 0 aliphatic carbocycles. The van der Waals surface area contributed by atoms with Crippen LogP contribution in [0.3, 0.4) is 0 Å². The predicted molar refractivity (Wildman–Crippen MR) is 99.7 cm³/mol. The fraction of sp³-hybridized carbons (Fsp3) is 0.167. The Kier molecular flexibility index (Phi) is 5.45. The van der Waals surface area contributed by atoms with E-state index in [1.165, 1.54) is 23.5 Å². The molecule has 7 nitrogen and oxygen atoms in total. The highest BCUT2D eigenvalue weighted by Crippen LogP contribution is 2.24. The molecule has 3 rings (SSSR count). The summed E-state index contributed by atoms with van der Waals surface area (Å²) in [5, 5.41) is 22.2. The number of benzene rings is 2. The Hall–Kier alpha value is -2.97. The maximum absolute atomic E-state index is 10.8. The van der Waals surface area contributed by atoms with Crippen molar-refractivity contribution in [3.05, 3.63) is 68.8 Å². The van der Waals surface area contributed by atoms with Gasteiger partial charge in [-0.15, -0.1) is 11.3 Å². The summed E-state index contributed by atoms with van der Waals surface area (Å²) < 4.78 is 7.04. The fourth-order valence-corrected chi connectivity index (χ4v) is 3.44. The molecule has 0 aliphatic rings. The van der Waals surface area contributed by atoms with Crippen LogP contribution in [0.5, 0.6) is 5.75 Å². The summed E-state index contributed by atoms with van der Waals surface area (Å²) in [5.74, 6) is 0.755. The second-order valence-corrected chi connectivity index (χ2v) is 6.23. The third-order valence-electron chi connectivity index (χ3n) is 3.79. The van der Waals surface area contributed by atoms with Crippen molar-refractivity contribution in [1.29, 1.82) is 0 Å². The number of aliphatic hydroxyl groups is 1. The summed E-state index contributed by atoms with van der Waals surface area (Å²) in [6.45, 7) is 0.345. The lowest BCUT2D eigenvalue weighted by molar-refractivity contribution is -0.384. The smallest absolute Gasteiger partial charge is 0.269 e. The Morgan fingerprint density at radius 3 is 2.46 bits per heavy atom. The molecule has 0 saturated heterocycles. The van der Waals surface area contributed by atoms with E-state index in [1.807, 2.05) is 34.2 Å². The summed E-state index contributed by atoms with van der Waals surface area (Å²) in [4.78, 5) is 15.8. The molecule has 3 aromatic rings. The molecule has 0 spiro atoms. The first-order chi connectivity index (χ1) is 12.6. The van der Waals surface area contributed by atoms with E-state index < -0.39 is 4.92 Å². The van der Waals surface area contributed by atoms with E-state index in [9.17, 15) is 15.2 Å². The second-order valence-electron chi connectivity index (χ2n) is 5.39. The number of methoxy groups -OCH3 is 1. The van der Waals surface area contributed by atoms with E-state index in [0.29, 0.717) is 6.54 Å². The minimum Gasteiger partial charge on any atom is -0.497 e. The number of ether oxygens (including phenoxy) is 1. The lowest BCUT2D eigenvalue weighted by Gasteiger charge is -2.07. The maximum Gasteiger partial charge on any atom is 0.269 e. The van der Waals surface area contributed by atoms with Crippen LogP contribution in [0.1, 0.15) is 0 Å². The molecule has 1 N–H and O–H groups in total. The number of thiazole rings is 1. The van der Waals surface area contributed by atoms with E-state index >= 15 is 0 Å². The van der Waals surface area contributed by atoms with Crippen LogP contribution in [-0.2, 0) is 6.54 Å². The van der Waals surface area contributed by atoms with Crippen LogP contribution < -0.4 is 9.54 Å². The zero-order valence-electron chi connectivity index (χ0n) is 14.0. The van der Waals surface area contributed by atoms with E-state index in [-0.39, 0.29) is 12.3 Å². The van der Waals surface area contributed by atoms with Crippen LogP contribution in [-0.4, -0.2) is 28.3 Å². The summed E-state index contributed by atoms with van der Waals surface area (Å²) in [7, 11) is 1.61. The van der Waals surface area contributed by atoms with Crippen molar-refractivity contribution in [3.8, 4) is 17.0 Å². The highest BCUT2D eigenvalue weighted by atomic mass is 32.1. The normalized spacial score (nSPS) is 11.5. The van der Waals surface area contributed by atoms with Gasteiger partial charge in [-0.05, 0) is 42.0 Å². The Morgan fingerprint density at radius 2 is 1.88 bits per heavy atom. The standard InChI is InChI=1S/C18H17N3O4S/c1-25-16-8-4-14(5-9-16)19-18-20(10-11-22)17(12-26-18)13-2-6-15(7-3-13)21(23)24/h2-9,12,22H,10-11H2,1H3. The van der Waals surface area contributed by atoms with Gasteiger partial charge in [-0.3, -0.25) is 10.1 Å². The Morgan fingerprint density at radius 1 is 1.19 bits per heavy atom. The first-order valence-electron chi connectivity index (χ1n) is 7.85. The lowest BCUT2D eigenvalue weighted by Crippen LogP contribution is -2.17. The molecular formula is C18H17N3O4S. The molecule has 0 amide bonds. The molecule has 0 saturated carbocycles.